The molecule has 4 rings (SSSR count). The first-order valence-electron chi connectivity index (χ1n) is 11.7. The summed E-state index contributed by atoms with van der Waals surface area (Å²) in [6.07, 6.45) is 1.56. The fraction of sp³-hybridized carbons (Fsp3) is 0.296. The summed E-state index contributed by atoms with van der Waals surface area (Å²) < 4.78 is 38.6. The Hall–Kier alpha value is -3.14. The Bertz CT molecular complexity index is 1290. The molecule has 1 aliphatic heterocycles. The number of hydrogen-bond acceptors (Lipinski definition) is 6. The number of sulfonamides is 1. The van der Waals surface area contributed by atoms with Crippen molar-refractivity contribution in [2.75, 3.05) is 19.9 Å². The van der Waals surface area contributed by atoms with Crippen molar-refractivity contribution in [2.45, 2.75) is 26.9 Å². The van der Waals surface area contributed by atoms with Gasteiger partial charge in [0.25, 0.3) is 0 Å². The SMILES string of the molecule is CC(C)CN(CC(=O)N(Cc1ccc2c(c1)OCO2)Cc1cccs1)S(=O)(=O)/C=C/c1ccccc1. The van der Waals surface area contributed by atoms with E-state index in [1.807, 2.05) is 79.9 Å². The van der Waals surface area contributed by atoms with Gasteiger partial charge in [0.15, 0.2) is 11.5 Å². The highest BCUT2D eigenvalue weighted by Crippen LogP contribution is 2.33. The van der Waals surface area contributed by atoms with Gasteiger partial charge in [0, 0.05) is 23.4 Å². The van der Waals surface area contributed by atoms with Gasteiger partial charge < -0.3 is 14.4 Å². The lowest BCUT2D eigenvalue weighted by atomic mass is 10.2. The number of carbonyl (C=O) groups excluding carboxylic acids is 1. The Morgan fingerprint density at radius 3 is 2.53 bits per heavy atom. The molecule has 1 aromatic heterocycles. The van der Waals surface area contributed by atoms with Crippen LogP contribution in [0.5, 0.6) is 11.5 Å². The Labute approximate surface area is 216 Å². The van der Waals surface area contributed by atoms with Crippen molar-refractivity contribution in [3.05, 3.63) is 87.5 Å². The van der Waals surface area contributed by atoms with E-state index in [0.29, 0.717) is 24.6 Å². The molecule has 7 nitrogen and oxygen atoms in total. The summed E-state index contributed by atoms with van der Waals surface area (Å²) in [5.74, 6) is 1.11. The van der Waals surface area contributed by atoms with Crippen molar-refractivity contribution in [1.82, 2.24) is 9.21 Å². The van der Waals surface area contributed by atoms with Crippen LogP contribution in [0.3, 0.4) is 0 Å². The number of ether oxygens (including phenoxy) is 2. The van der Waals surface area contributed by atoms with E-state index < -0.39 is 10.0 Å². The molecule has 0 fully saturated rings. The first-order valence-corrected chi connectivity index (χ1v) is 14.1. The number of benzene rings is 2. The van der Waals surface area contributed by atoms with Gasteiger partial charge >= 0.3 is 0 Å². The Kier molecular flexibility index (Phi) is 8.45. The molecule has 0 unspecified atom stereocenters. The summed E-state index contributed by atoms with van der Waals surface area (Å²) >= 11 is 1.56. The van der Waals surface area contributed by atoms with Crippen LogP contribution in [0.2, 0.25) is 0 Å². The molecule has 0 spiro atoms. The fourth-order valence-electron chi connectivity index (χ4n) is 3.81. The van der Waals surface area contributed by atoms with E-state index in [-0.39, 0.29) is 31.7 Å². The zero-order chi connectivity index (χ0) is 25.5. The predicted molar refractivity (Wildman–Crippen MR) is 142 cm³/mol. The number of carbonyl (C=O) groups is 1. The second-order valence-electron chi connectivity index (χ2n) is 8.96. The largest absolute Gasteiger partial charge is 0.454 e. The van der Waals surface area contributed by atoms with E-state index >= 15 is 0 Å². The molecule has 2 heterocycles. The number of nitrogens with zero attached hydrogens (tertiary/aromatic N) is 2. The van der Waals surface area contributed by atoms with Crippen LogP contribution in [0.1, 0.15) is 29.9 Å². The standard InChI is InChI=1S/C27H30N2O5S2/c1-21(2)16-29(36(31,32)14-12-22-7-4-3-5-8-22)19-27(30)28(18-24-9-6-13-35-24)17-23-10-11-25-26(15-23)34-20-33-25/h3-15,21H,16-20H2,1-2H3/b14-12+. The third-order valence-corrected chi connectivity index (χ3v) is 7.90. The van der Waals surface area contributed by atoms with E-state index in [1.165, 1.54) is 9.71 Å². The smallest absolute Gasteiger partial charge is 0.238 e. The van der Waals surface area contributed by atoms with Crippen LogP contribution in [0.4, 0.5) is 0 Å². The van der Waals surface area contributed by atoms with Crippen molar-refractivity contribution in [1.29, 1.82) is 0 Å². The van der Waals surface area contributed by atoms with Crippen LogP contribution in [0.15, 0.2) is 71.5 Å². The maximum absolute atomic E-state index is 13.6. The maximum atomic E-state index is 13.6. The lowest BCUT2D eigenvalue weighted by molar-refractivity contribution is -0.132. The second-order valence-corrected chi connectivity index (χ2v) is 11.8. The highest BCUT2D eigenvalue weighted by molar-refractivity contribution is 7.92. The van der Waals surface area contributed by atoms with Crippen LogP contribution in [-0.4, -0.2) is 43.4 Å². The third kappa shape index (κ3) is 6.96. The molecular weight excluding hydrogens is 496 g/mol. The molecule has 0 bridgehead atoms. The van der Waals surface area contributed by atoms with Gasteiger partial charge in [-0.15, -0.1) is 11.3 Å². The fourth-order valence-corrected chi connectivity index (χ4v) is 5.83. The summed E-state index contributed by atoms with van der Waals surface area (Å²) in [5.41, 5.74) is 1.66. The molecule has 2 aromatic carbocycles. The van der Waals surface area contributed by atoms with Crippen molar-refractivity contribution in [3.63, 3.8) is 0 Å². The molecule has 190 valence electrons. The molecule has 0 saturated heterocycles. The summed E-state index contributed by atoms with van der Waals surface area (Å²) in [6, 6.07) is 18.7. The van der Waals surface area contributed by atoms with Crippen LogP contribution in [0.25, 0.3) is 6.08 Å². The summed E-state index contributed by atoms with van der Waals surface area (Å²) in [6.45, 7) is 4.76. The number of thiophene rings is 1. The van der Waals surface area contributed by atoms with E-state index in [1.54, 1.807) is 22.3 Å². The van der Waals surface area contributed by atoms with Gasteiger partial charge in [-0.25, -0.2) is 8.42 Å². The normalized spacial score (nSPS) is 13.1. The summed E-state index contributed by atoms with van der Waals surface area (Å²) in [5, 5.41) is 3.14. The zero-order valence-corrected chi connectivity index (χ0v) is 22.0. The van der Waals surface area contributed by atoms with Crippen LogP contribution >= 0.6 is 11.3 Å². The number of rotatable bonds is 11. The minimum Gasteiger partial charge on any atom is -0.454 e. The summed E-state index contributed by atoms with van der Waals surface area (Å²) in [4.78, 5) is 16.3. The third-order valence-electron chi connectivity index (χ3n) is 5.56. The maximum Gasteiger partial charge on any atom is 0.238 e. The minimum absolute atomic E-state index is 0.0531. The van der Waals surface area contributed by atoms with Crippen molar-refractivity contribution in [2.24, 2.45) is 5.92 Å². The van der Waals surface area contributed by atoms with Crippen molar-refractivity contribution in [3.8, 4) is 11.5 Å². The van der Waals surface area contributed by atoms with Crippen LogP contribution < -0.4 is 9.47 Å². The number of fused-ring (bicyclic) bond motifs is 1. The molecule has 0 aliphatic carbocycles. The van der Waals surface area contributed by atoms with E-state index in [0.717, 1.165) is 16.0 Å². The van der Waals surface area contributed by atoms with Gasteiger partial charge in [0.05, 0.1) is 13.1 Å². The summed E-state index contributed by atoms with van der Waals surface area (Å²) in [7, 11) is -3.82. The van der Waals surface area contributed by atoms with Crippen LogP contribution in [0, 0.1) is 5.92 Å². The number of hydrogen-bond donors (Lipinski definition) is 0. The van der Waals surface area contributed by atoms with E-state index in [4.69, 9.17) is 9.47 Å². The predicted octanol–water partition coefficient (Wildman–Crippen LogP) is 4.96. The molecule has 36 heavy (non-hydrogen) atoms. The van der Waals surface area contributed by atoms with E-state index in [2.05, 4.69) is 0 Å². The molecule has 0 N–H and O–H groups in total. The number of amides is 1. The molecule has 3 aromatic rings. The van der Waals surface area contributed by atoms with Crippen molar-refractivity contribution < 1.29 is 22.7 Å². The van der Waals surface area contributed by atoms with Crippen LogP contribution in [-0.2, 0) is 27.9 Å². The monoisotopic (exact) mass is 526 g/mol. The first kappa shape index (κ1) is 25.9. The lowest BCUT2D eigenvalue weighted by Crippen LogP contribution is -2.43. The quantitative estimate of drug-likeness (QED) is 0.353. The lowest BCUT2D eigenvalue weighted by Gasteiger charge is -2.27. The highest BCUT2D eigenvalue weighted by atomic mass is 32.2. The molecule has 0 radical (unpaired) electrons. The first-order chi connectivity index (χ1) is 17.3. The Morgan fingerprint density at radius 2 is 1.81 bits per heavy atom. The van der Waals surface area contributed by atoms with Gasteiger partial charge in [0.1, 0.15) is 0 Å². The van der Waals surface area contributed by atoms with Gasteiger partial charge in [-0.05, 0) is 46.7 Å². The average Bonchev–Trinajstić information content (AvgIpc) is 3.54. The molecule has 9 heteroatoms. The van der Waals surface area contributed by atoms with E-state index in [9.17, 15) is 13.2 Å². The second kappa shape index (κ2) is 11.7. The molecule has 1 amide bonds. The molecule has 0 atom stereocenters. The average molecular weight is 527 g/mol. The molecule has 0 saturated carbocycles. The Morgan fingerprint density at radius 1 is 1.03 bits per heavy atom. The van der Waals surface area contributed by atoms with Gasteiger partial charge in [0.2, 0.25) is 22.7 Å². The minimum atomic E-state index is -3.82. The molecular formula is C27H30N2O5S2. The Balaban J connectivity index is 1.55. The zero-order valence-electron chi connectivity index (χ0n) is 20.4. The topological polar surface area (TPSA) is 76.2 Å². The van der Waals surface area contributed by atoms with Gasteiger partial charge in [-0.3, -0.25) is 4.79 Å². The highest BCUT2D eigenvalue weighted by Gasteiger charge is 2.27. The molecule has 1 aliphatic rings. The van der Waals surface area contributed by atoms with Gasteiger partial charge in [-0.2, -0.15) is 4.31 Å². The van der Waals surface area contributed by atoms with Crippen molar-refractivity contribution >= 4 is 33.3 Å². The van der Waals surface area contributed by atoms with Gasteiger partial charge in [-0.1, -0.05) is 56.3 Å².